The Bertz CT molecular complexity index is 1270. The highest BCUT2D eigenvalue weighted by Crippen LogP contribution is 2.45. The van der Waals surface area contributed by atoms with Crippen molar-refractivity contribution < 1.29 is 4.74 Å². The second-order valence-electron chi connectivity index (χ2n) is 11.3. The van der Waals surface area contributed by atoms with Crippen molar-refractivity contribution in [3.05, 3.63) is 88.3 Å². The van der Waals surface area contributed by atoms with Crippen molar-refractivity contribution in [3.63, 3.8) is 0 Å². The molecule has 2 aliphatic heterocycles. The maximum atomic E-state index is 11.6. The monoisotopic (exact) mass is 527 g/mol. The second-order valence-corrected chi connectivity index (χ2v) is 12.5. The number of benzene rings is 3. The molecule has 198 valence electrons. The van der Waals surface area contributed by atoms with E-state index >= 15 is 0 Å². The molecule has 5 nitrogen and oxygen atoms in total. The van der Waals surface area contributed by atoms with Crippen LogP contribution in [-0.2, 0) is 11.3 Å². The van der Waals surface area contributed by atoms with E-state index in [1.165, 1.54) is 29.7 Å². The number of ether oxygens (including phenoxy) is 1. The summed E-state index contributed by atoms with van der Waals surface area (Å²) in [5, 5.41) is 6.96. The number of nitrogens with one attached hydrogen (secondary N) is 1. The van der Waals surface area contributed by atoms with Gasteiger partial charge in [0.25, 0.3) is 0 Å². The van der Waals surface area contributed by atoms with Crippen molar-refractivity contribution in [1.29, 1.82) is 0 Å². The van der Waals surface area contributed by atoms with Crippen molar-refractivity contribution in [2.75, 3.05) is 18.4 Å². The Hall–Kier alpha value is -2.67. The maximum Gasteiger partial charge on any atom is 0.155 e. The van der Waals surface area contributed by atoms with E-state index in [4.69, 9.17) is 4.74 Å². The molecule has 1 aliphatic carbocycles. The van der Waals surface area contributed by atoms with Crippen molar-refractivity contribution in [3.8, 4) is 0 Å². The van der Waals surface area contributed by atoms with Gasteiger partial charge < -0.3 is 10.1 Å². The van der Waals surface area contributed by atoms with Gasteiger partial charge in [-0.05, 0) is 116 Å². The highest BCUT2D eigenvalue weighted by molar-refractivity contribution is 7.99. The van der Waals surface area contributed by atoms with Crippen LogP contribution in [0.3, 0.4) is 0 Å². The van der Waals surface area contributed by atoms with Crippen LogP contribution < -0.4 is 5.32 Å². The third-order valence-corrected chi connectivity index (χ3v) is 9.51. The van der Waals surface area contributed by atoms with E-state index in [2.05, 4.69) is 83.8 Å². The van der Waals surface area contributed by atoms with Crippen LogP contribution in [0, 0.1) is 23.7 Å². The molecule has 0 bridgehead atoms. The lowest BCUT2D eigenvalue weighted by atomic mass is 9.89. The van der Waals surface area contributed by atoms with E-state index in [0.717, 1.165) is 53.7 Å². The lowest BCUT2D eigenvalue weighted by Gasteiger charge is -2.32. The molecule has 1 saturated carbocycles. The predicted octanol–water partition coefficient (Wildman–Crippen LogP) is 8.11. The Morgan fingerprint density at radius 3 is 2.55 bits per heavy atom. The Labute approximate surface area is 230 Å². The molecule has 3 atom stereocenters. The molecular formula is C32H37N3O2S. The molecule has 6 rings (SSSR count). The first-order valence-corrected chi connectivity index (χ1v) is 14.8. The summed E-state index contributed by atoms with van der Waals surface area (Å²) in [5.41, 5.74) is 5.51. The molecule has 1 N–H and O–H groups in total. The van der Waals surface area contributed by atoms with Gasteiger partial charge in [-0.3, -0.25) is 4.90 Å². The van der Waals surface area contributed by atoms with Gasteiger partial charge in [0.2, 0.25) is 0 Å². The molecule has 3 fully saturated rings. The number of nitroso groups, excluding NO2 is 1. The number of hydrogen-bond acceptors (Lipinski definition) is 6. The Morgan fingerprint density at radius 1 is 1.03 bits per heavy atom. The fraction of sp³-hybridized carbons (Fsp3) is 0.438. The van der Waals surface area contributed by atoms with Crippen LogP contribution in [0.2, 0.25) is 0 Å². The van der Waals surface area contributed by atoms with Crippen LogP contribution in [0.4, 0.5) is 11.4 Å². The normalized spacial score (nSPS) is 22.7. The molecule has 0 radical (unpaired) electrons. The van der Waals surface area contributed by atoms with E-state index < -0.39 is 0 Å². The van der Waals surface area contributed by atoms with Gasteiger partial charge in [0, 0.05) is 22.0 Å². The number of nitrogens with zero attached hydrogens (tertiary/aromatic N) is 2. The van der Waals surface area contributed by atoms with E-state index in [1.807, 2.05) is 12.1 Å². The minimum Gasteiger partial charge on any atom is -0.358 e. The number of rotatable bonds is 10. The summed E-state index contributed by atoms with van der Waals surface area (Å²) < 4.78 is 5.95. The van der Waals surface area contributed by atoms with Crippen LogP contribution in [-0.4, -0.2) is 30.3 Å². The van der Waals surface area contributed by atoms with E-state index in [-0.39, 0.29) is 6.23 Å². The maximum absolute atomic E-state index is 11.6. The van der Waals surface area contributed by atoms with Crippen LogP contribution in [0.5, 0.6) is 0 Å². The number of likely N-dealkylation sites (tertiary alicyclic amines) is 1. The zero-order valence-corrected chi connectivity index (χ0v) is 23.1. The SMILES string of the molecule is Cc1ccc(Sc2ccc(CN3CCC(c4cccc(NC5OC5C(C)C5CC5)c4)CC3)cc2N=O)cc1. The third-order valence-electron chi connectivity index (χ3n) is 8.44. The van der Waals surface area contributed by atoms with Gasteiger partial charge in [0.15, 0.2) is 6.23 Å². The van der Waals surface area contributed by atoms with E-state index in [0.29, 0.717) is 23.6 Å². The highest BCUT2D eigenvalue weighted by atomic mass is 32.2. The molecule has 2 heterocycles. The summed E-state index contributed by atoms with van der Waals surface area (Å²) in [4.78, 5) is 16.1. The van der Waals surface area contributed by atoms with Gasteiger partial charge in [0.1, 0.15) is 11.8 Å². The van der Waals surface area contributed by atoms with E-state index in [1.54, 1.807) is 11.8 Å². The molecule has 3 aromatic carbocycles. The van der Waals surface area contributed by atoms with Gasteiger partial charge in [0.05, 0.1) is 0 Å². The fourth-order valence-corrected chi connectivity index (χ4v) is 6.67. The van der Waals surface area contributed by atoms with Crippen molar-refractivity contribution >= 4 is 23.1 Å². The van der Waals surface area contributed by atoms with Crippen LogP contribution in [0.15, 0.2) is 81.7 Å². The number of anilines is 1. The Kier molecular flexibility index (Phi) is 7.55. The third kappa shape index (κ3) is 6.14. The summed E-state index contributed by atoms with van der Waals surface area (Å²) in [6.07, 6.45) is 5.58. The average molecular weight is 528 g/mol. The lowest BCUT2D eigenvalue weighted by Crippen LogP contribution is -2.32. The second kappa shape index (κ2) is 11.2. The van der Waals surface area contributed by atoms with Crippen LogP contribution in [0.25, 0.3) is 0 Å². The molecular weight excluding hydrogens is 490 g/mol. The fourth-order valence-electron chi connectivity index (χ4n) is 5.81. The molecule has 3 aliphatic rings. The zero-order chi connectivity index (χ0) is 26.1. The smallest absolute Gasteiger partial charge is 0.155 e. The summed E-state index contributed by atoms with van der Waals surface area (Å²) in [6.45, 7) is 7.38. The number of hydrogen-bond donors (Lipinski definition) is 1. The van der Waals surface area contributed by atoms with Gasteiger partial charge in [-0.25, -0.2) is 0 Å². The topological polar surface area (TPSA) is 57.2 Å². The van der Waals surface area contributed by atoms with Gasteiger partial charge in [-0.15, -0.1) is 4.91 Å². The van der Waals surface area contributed by atoms with Crippen LogP contribution in [0.1, 0.15) is 55.2 Å². The van der Waals surface area contributed by atoms with Gasteiger partial charge in [-0.1, -0.05) is 54.6 Å². The average Bonchev–Trinajstić information content (AvgIpc) is 3.87. The molecule has 0 aromatic heterocycles. The summed E-state index contributed by atoms with van der Waals surface area (Å²) in [6, 6.07) is 23.4. The standard InChI is InChI=1S/C32H37N3O2S/c1-21-6-11-28(12-7-21)38-30-13-8-23(18-29(30)34-36)20-35-16-14-25(15-17-35)26-4-3-5-27(19-26)33-32-31(37-32)22(2)24-9-10-24/h3-8,11-13,18-19,22,24-25,31-33H,9-10,14-17,20H2,1-2H3. The number of epoxide rings is 1. The lowest BCUT2D eigenvalue weighted by molar-refractivity contribution is 0.204. The molecule has 6 heteroatoms. The largest absolute Gasteiger partial charge is 0.358 e. The molecule has 3 unspecified atom stereocenters. The first kappa shape index (κ1) is 25.6. The van der Waals surface area contributed by atoms with E-state index in [9.17, 15) is 4.91 Å². The highest BCUT2D eigenvalue weighted by Gasteiger charge is 2.48. The van der Waals surface area contributed by atoms with Crippen LogP contribution >= 0.6 is 11.8 Å². The van der Waals surface area contributed by atoms with Crippen molar-refractivity contribution in [2.45, 2.75) is 74.1 Å². The molecule has 2 saturated heterocycles. The molecule has 38 heavy (non-hydrogen) atoms. The molecule has 0 spiro atoms. The number of piperidine rings is 1. The predicted molar refractivity (Wildman–Crippen MR) is 155 cm³/mol. The molecule has 3 aromatic rings. The zero-order valence-electron chi connectivity index (χ0n) is 22.3. The minimum absolute atomic E-state index is 0.176. The Balaban J connectivity index is 1.01. The van der Waals surface area contributed by atoms with Gasteiger partial charge in [-0.2, -0.15) is 0 Å². The van der Waals surface area contributed by atoms with Crippen molar-refractivity contribution in [2.24, 2.45) is 17.0 Å². The summed E-state index contributed by atoms with van der Waals surface area (Å²) in [5.74, 6) is 2.12. The quantitative estimate of drug-likeness (QED) is 0.213. The Morgan fingerprint density at radius 2 is 1.82 bits per heavy atom. The number of aryl methyl sites for hydroxylation is 1. The summed E-state index contributed by atoms with van der Waals surface area (Å²) in [7, 11) is 0. The minimum atomic E-state index is 0.176. The summed E-state index contributed by atoms with van der Waals surface area (Å²) >= 11 is 1.59. The molecule has 0 amide bonds. The first-order valence-electron chi connectivity index (χ1n) is 14.0. The first-order chi connectivity index (χ1) is 18.6. The van der Waals surface area contributed by atoms with Crippen molar-refractivity contribution in [1.82, 2.24) is 4.90 Å². The van der Waals surface area contributed by atoms with Gasteiger partial charge >= 0.3 is 0 Å².